The maximum absolute atomic E-state index is 13.2. The maximum atomic E-state index is 13.2. The average molecular weight is 417 g/mol. The number of carbonyl (C=O) groups excluding carboxylic acids is 1. The van der Waals surface area contributed by atoms with Crippen molar-refractivity contribution in [2.45, 2.75) is 37.6 Å². The van der Waals surface area contributed by atoms with Gasteiger partial charge in [0, 0.05) is 25.7 Å². The molecule has 7 heteroatoms. The third kappa shape index (κ3) is 3.89. The van der Waals surface area contributed by atoms with E-state index < -0.39 is 10.0 Å². The van der Waals surface area contributed by atoms with Gasteiger partial charge in [-0.25, -0.2) is 8.42 Å². The van der Waals surface area contributed by atoms with Crippen LogP contribution in [0.4, 0.5) is 0 Å². The predicted molar refractivity (Wildman–Crippen MR) is 113 cm³/mol. The molecule has 0 N–H and O–H groups in total. The van der Waals surface area contributed by atoms with Gasteiger partial charge in [0.2, 0.25) is 10.0 Å². The van der Waals surface area contributed by atoms with Crippen molar-refractivity contribution in [3.8, 4) is 5.75 Å². The van der Waals surface area contributed by atoms with Crippen molar-refractivity contribution in [3.63, 3.8) is 0 Å². The molecule has 0 heterocycles. The van der Waals surface area contributed by atoms with E-state index in [4.69, 9.17) is 4.74 Å². The Morgan fingerprint density at radius 2 is 1.83 bits per heavy atom. The fourth-order valence-corrected chi connectivity index (χ4v) is 5.64. The first-order chi connectivity index (χ1) is 13.8. The normalized spacial score (nSPS) is 16.0. The molecular weight excluding hydrogens is 388 g/mol. The lowest BCUT2D eigenvalue weighted by molar-refractivity contribution is 0.0730. The summed E-state index contributed by atoms with van der Waals surface area (Å²) in [7, 11) is -0.550. The minimum atomic E-state index is -3.76. The van der Waals surface area contributed by atoms with Crippen LogP contribution in [0.3, 0.4) is 0 Å². The fourth-order valence-electron chi connectivity index (χ4n) is 4.00. The smallest absolute Gasteiger partial charge is 0.254 e. The second-order valence-corrected chi connectivity index (χ2v) is 9.03. The summed E-state index contributed by atoms with van der Waals surface area (Å²) in [6, 6.07) is 12.8. The van der Waals surface area contributed by atoms with Crippen LogP contribution in [0.1, 0.15) is 47.8 Å². The molecule has 0 spiro atoms. The van der Waals surface area contributed by atoms with E-state index >= 15 is 0 Å². The lowest BCUT2D eigenvalue weighted by Crippen LogP contribution is -2.32. The van der Waals surface area contributed by atoms with Gasteiger partial charge in [0.05, 0.1) is 13.2 Å². The molecule has 1 aliphatic carbocycles. The summed E-state index contributed by atoms with van der Waals surface area (Å²) in [5.74, 6) is 0.0349. The number of nitrogens with zero attached hydrogens (tertiary/aromatic N) is 2. The highest BCUT2D eigenvalue weighted by Gasteiger charge is 2.31. The Bertz CT molecular complexity index is 1000. The number of carbonyl (C=O) groups is 1. The Hall–Kier alpha value is -2.38. The Labute approximate surface area is 173 Å². The molecule has 1 amide bonds. The number of hydrogen-bond acceptors (Lipinski definition) is 4. The summed E-state index contributed by atoms with van der Waals surface area (Å²) in [6.45, 7) is 4.26. The molecule has 0 radical (unpaired) electrons. The Kier molecular flexibility index (Phi) is 6.29. The zero-order valence-electron chi connectivity index (χ0n) is 17.4. The van der Waals surface area contributed by atoms with E-state index in [-0.39, 0.29) is 22.6 Å². The molecule has 6 nitrogen and oxygen atoms in total. The number of sulfonamides is 1. The minimum Gasteiger partial charge on any atom is -0.495 e. The number of aryl methyl sites for hydroxylation is 1. The first-order valence-corrected chi connectivity index (χ1v) is 11.3. The number of rotatable bonds is 7. The van der Waals surface area contributed by atoms with Gasteiger partial charge in [-0.3, -0.25) is 4.79 Å². The topological polar surface area (TPSA) is 66.9 Å². The predicted octanol–water partition coefficient (Wildman–Crippen LogP) is 3.49. The number of ether oxygens (including phenoxy) is 1. The molecule has 156 valence electrons. The standard InChI is InChI=1S/C22H28N2O4S/c1-5-24(6-2)29(26,27)21-15-17(12-14-20(21)28-4)22(25)23(3)19-13-11-16-9-7-8-10-18(16)19/h7-10,12,14-15,19H,5-6,11,13H2,1-4H3. The zero-order chi connectivity index (χ0) is 21.2. The highest BCUT2D eigenvalue weighted by molar-refractivity contribution is 7.89. The quantitative estimate of drug-likeness (QED) is 0.693. The molecule has 2 aromatic carbocycles. The molecule has 0 saturated heterocycles. The van der Waals surface area contributed by atoms with Crippen LogP contribution in [0.15, 0.2) is 47.4 Å². The van der Waals surface area contributed by atoms with Gasteiger partial charge in [0.1, 0.15) is 10.6 Å². The highest BCUT2D eigenvalue weighted by atomic mass is 32.2. The molecule has 0 aromatic heterocycles. The molecular formula is C22H28N2O4S. The first-order valence-electron chi connectivity index (χ1n) is 9.88. The van der Waals surface area contributed by atoms with Crippen LogP contribution < -0.4 is 4.74 Å². The number of hydrogen-bond donors (Lipinski definition) is 0. The van der Waals surface area contributed by atoms with E-state index in [1.54, 1.807) is 37.9 Å². The van der Waals surface area contributed by atoms with Gasteiger partial charge in [-0.2, -0.15) is 4.31 Å². The molecule has 1 atom stereocenters. The third-order valence-electron chi connectivity index (χ3n) is 5.62. The van der Waals surface area contributed by atoms with Crippen molar-refractivity contribution in [3.05, 3.63) is 59.2 Å². The molecule has 3 rings (SSSR count). The fraction of sp³-hybridized carbons (Fsp3) is 0.409. The summed E-state index contributed by atoms with van der Waals surface area (Å²) in [5, 5.41) is 0. The summed E-state index contributed by atoms with van der Waals surface area (Å²) in [6.07, 6.45) is 1.80. The largest absolute Gasteiger partial charge is 0.495 e. The van der Waals surface area contributed by atoms with Crippen LogP contribution >= 0.6 is 0 Å². The number of fused-ring (bicyclic) bond motifs is 1. The van der Waals surface area contributed by atoms with E-state index in [2.05, 4.69) is 12.1 Å². The molecule has 0 fully saturated rings. The second-order valence-electron chi connectivity index (χ2n) is 7.12. The van der Waals surface area contributed by atoms with Crippen LogP contribution in [0.2, 0.25) is 0 Å². The SMILES string of the molecule is CCN(CC)S(=O)(=O)c1cc(C(=O)N(C)C2CCc3ccccc32)ccc1OC. The van der Waals surface area contributed by atoms with E-state index in [9.17, 15) is 13.2 Å². The molecule has 1 unspecified atom stereocenters. The Morgan fingerprint density at radius 1 is 1.14 bits per heavy atom. The van der Waals surface area contributed by atoms with Gasteiger partial charge in [-0.05, 0) is 42.2 Å². The molecule has 29 heavy (non-hydrogen) atoms. The van der Waals surface area contributed by atoms with Crippen molar-refractivity contribution in [2.24, 2.45) is 0 Å². The van der Waals surface area contributed by atoms with Gasteiger partial charge in [0.15, 0.2) is 0 Å². The van der Waals surface area contributed by atoms with Crippen molar-refractivity contribution < 1.29 is 17.9 Å². The summed E-state index contributed by atoms with van der Waals surface area (Å²) < 4.78 is 32.8. The lowest BCUT2D eigenvalue weighted by atomic mass is 10.1. The van der Waals surface area contributed by atoms with Crippen LogP contribution in [-0.2, 0) is 16.4 Å². The van der Waals surface area contributed by atoms with Gasteiger partial charge < -0.3 is 9.64 Å². The van der Waals surface area contributed by atoms with E-state index in [0.29, 0.717) is 18.7 Å². The summed E-state index contributed by atoms with van der Waals surface area (Å²) in [4.78, 5) is 14.9. The number of amides is 1. The zero-order valence-corrected chi connectivity index (χ0v) is 18.2. The molecule has 2 aromatic rings. The van der Waals surface area contributed by atoms with Crippen LogP contribution in [0.25, 0.3) is 0 Å². The van der Waals surface area contributed by atoms with Gasteiger partial charge in [0.25, 0.3) is 5.91 Å². The van der Waals surface area contributed by atoms with Crippen LogP contribution in [-0.4, -0.2) is 50.8 Å². The van der Waals surface area contributed by atoms with E-state index in [1.165, 1.54) is 23.0 Å². The van der Waals surface area contributed by atoms with Crippen molar-refractivity contribution in [2.75, 3.05) is 27.2 Å². The number of benzene rings is 2. The Balaban J connectivity index is 1.96. The van der Waals surface area contributed by atoms with Crippen LogP contribution in [0.5, 0.6) is 5.75 Å². The monoisotopic (exact) mass is 416 g/mol. The van der Waals surface area contributed by atoms with Crippen molar-refractivity contribution in [1.82, 2.24) is 9.21 Å². The minimum absolute atomic E-state index is 0.0105. The van der Waals surface area contributed by atoms with Crippen molar-refractivity contribution in [1.29, 1.82) is 0 Å². The van der Waals surface area contributed by atoms with E-state index in [0.717, 1.165) is 18.4 Å². The average Bonchev–Trinajstić information content (AvgIpc) is 3.17. The second kappa shape index (κ2) is 8.55. The summed E-state index contributed by atoms with van der Waals surface area (Å²) >= 11 is 0. The maximum Gasteiger partial charge on any atom is 0.254 e. The number of methoxy groups -OCH3 is 1. The van der Waals surface area contributed by atoms with E-state index in [1.807, 2.05) is 12.1 Å². The first kappa shape index (κ1) is 21.3. The lowest BCUT2D eigenvalue weighted by Gasteiger charge is -2.26. The molecule has 0 aliphatic heterocycles. The third-order valence-corrected chi connectivity index (χ3v) is 7.69. The van der Waals surface area contributed by atoms with Gasteiger partial charge in [-0.1, -0.05) is 38.1 Å². The summed E-state index contributed by atoms with van der Waals surface area (Å²) in [5.41, 5.74) is 2.76. The van der Waals surface area contributed by atoms with Gasteiger partial charge >= 0.3 is 0 Å². The Morgan fingerprint density at radius 3 is 2.48 bits per heavy atom. The molecule has 1 aliphatic rings. The molecule has 0 saturated carbocycles. The van der Waals surface area contributed by atoms with Crippen LogP contribution in [0, 0.1) is 0 Å². The van der Waals surface area contributed by atoms with Gasteiger partial charge in [-0.15, -0.1) is 0 Å². The highest BCUT2D eigenvalue weighted by Crippen LogP contribution is 2.36. The molecule has 0 bridgehead atoms. The van der Waals surface area contributed by atoms with Crippen molar-refractivity contribution >= 4 is 15.9 Å².